The zero-order chi connectivity index (χ0) is 11.1. The van der Waals surface area contributed by atoms with E-state index in [9.17, 15) is 0 Å². The summed E-state index contributed by atoms with van der Waals surface area (Å²) in [7, 11) is 4.43. The molecule has 1 aromatic carbocycles. The standard InChI is InChI=1S/C14H20N2/c1-15(2)14-12-9-16(10-13(12)14)8-11-6-4-3-5-7-11/h3-7,12-14H,8-10H2,1-2H3. The van der Waals surface area contributed by atoms with Crippen LogP contribution in [0, 0.1) is 11.8 Å². The lowest BCUT2D eigenvalue weighted by atomic mass is 10.2. The summed E-state index contributed by atoms with van der Waals surface area (Å²) in [5.41, 5.74) is 1.45. The molecule has 0 amide bonds. The van der Waals surface area contributed by atoms with Crippen molar-refractivity contribution in [2.75, 3.05) is 27.2 Å². The average molecular weight is 216 g/mol. The van der Waals surface area contributed by atoms with Crippen LogP contribution < -0.4 is 0 Å². The van der Waals surface area contributed by atoms with E-state index < -0.39 is 0 Å². The number of nitrogens with zero attached hydrogens (tertiary/aromatic N) is 2. The van der Waals surface area contributed by atoms with Gasteiger partial charge in [-0.15, -0.1) is 0 Å². The maximum Gasteiger partial charge on any atom is 0.0233 e. The molecule has 2 nitrogen and oxygen atoms in total. The monoisotopic (exact) mass is 216 g/mol. The van der Waals surface area contributed by atoms with Crippen LogP contribution in [0.3, 0.4) is 0 Å². The molecule has 2 aliphatic rings. The lowest BCUT2D eigenvalue weighted by molar-refractivity contribution is 0.244. The maximum atomic E-state index is 2.60. The zero-order valence-corrected chi connectivity index (χ0v) is 10.1. The van der Waals surface area contributed by atoms with Crippen molar-refractivity contribution < 1.29 is 0 Å². The number of benzene rings is 1. The molecule has 0 radical (unpaired) electrons. The first kappa shape index (κ1) is 10.3. The van der Waals surface area contributed by atoms with Crippen molar-refractivity contribution in [2.45, 2.75) is 12.6 Å². The molecular weight excluding hydrogens is 196 g/mol. The zero-order valence-electron chi connectivity index (χ0n) is 10.1. The molecule has 1 heterocycles. The van der Waals surface area contributed by atoms with Crippen LogP contribution in [0.2, 0.25) is 0 Å². The van der Waals surface area contributed by atoms with E-state index in [0.29, 0.717) is 0 Å². The number of likely N-dealkylation sites (tertiary alicyclic amines) is 1. The van der Waals surface area contributed by atoms with Gasteiger partial charge >= 0.3 is 0 Å². The molecule has 2 unspecified atom stereocenters. The van der Waals surface area contributed by atoms with E-state index in [-0.39, 0.29) is 0 Å². The van der Waals surface area contributed by atoms with Crippen LogP contribution in [0.25, 0.3) is 0 Å². The van der Waals surface area contributed by atoms with E-state index >= 15 is 0 Å². The summed E-state index contributed by atoms with van der Waals surface area (Å²) in [6.45, 7) is 3.72. The van der Waals surface area contributed by atoms with E-state index in [0.717, 1.165) is 24.4 Å². The van der Waals surface area contributed by atoms with E-state index in [1.165, 1.54) is 18.7 Å². The van der Waals surface area contributed by atoms with Gasteiger partial charge in [0, 0.05) is 25.7 Å². The molecule has 0 aromatic heterocycles. The molecule has 3 rings (SSSR count). The average Bonchev–Trinajstić information content (AvgIpc) is 2.79. The van der Waals surface area contributed by atoms with Crippen LogP contribution in [0.1, 0.15) is 5.56 Å². The third-order valence-electron chi connectivity index (χ3n) is 4.07. The first-order valence-electron chi connectivity index (χ1n) is 6.18. The Labute approximate surface area is 97.9 Å². The van der Waals surface area contributed by atoms with Gasteiger partial charge in [-0.2, -0.15) is 0 Å². The molecule has 0 N–H and O–H groups in total. The number of fused-ring (bicyclic) bond motifs is 1. The molecule has 16 heavy (non-hydrogen) atoms. The smallest absolute Gasteiger partial charge is 0.0233 e. The number of hydrogen-bond acceptors (Lipinski definition) is 2. The summed E-state index contributed by atoms with van der Waals surface area (Å²) in [6, 6.07) is 11.7. The largest absolute Gasteiger partial charge is 0.306 e. The number of hydrogen-bond donors (Lipinski definition) is 0. The molecule has 1 aromatic rings. The van der Waals surface area contributed by atoms with Gasteiger partial charge in [-0.3, -0.25) is 4.90 Å². The normalized spacial score (nSPS) is 33.1. The highest BCUT2D eigenvalue weighted by molar-refractivity contribution is 5.16. The van der Waals surface area contributed by atoms with Gasteiger partial charge in [0.25, 0.3) is 0 Å². The lowest BCUT2D eigenvalue weighted by Gasteiger charge is -2.21. The van der Waals surface area contributed by atoms with E-state index in [4.69, 9.17) is 0 Å². The second kappa shape index (κ2) is 3.86. The molecule has 1 aliphatic carbocycles. The van der Waals surface area contributed by atoms with Crippen LogP contribution >= 0.6 is 0 Å². The third kappa shape index (κ3) is 1.76. The minimum Gasteiger partial charge on any atom is -0.306 e. The fraction of sp³-hybridized carbons (Fsp3) is 0.571. The van der Waals surface area contributed by atoms with E-state index in [2.05, 4.69) is 54.2 Å². The van der Waals surface area contributed by atoms with Crippen molar-refractivity contribution in [3.8, 4) is 0 Å². The molecule has 1 saturated heterocycles. The summed E-state index contributed by atoms with van der Waals surface area (Å²) in [6.07, 6.45) is 0. The molecule has 1 aliphatic heterocycles. The summed E-state index contributed by atoms with van der Waals surface area (Å²) in [5.74, 6) is 1.89. The second-order valence-corrected chi connectivity index (χ2v) is 5.46. The summed E-state index contributed by atoms with van der Waals surface area (Å²) in [5, 5.41) is 0. The topological polar surface area (TPSA) is 6.48 Å². The number of rotatable bonds is 3. The van der Waals surface area contributed by atoms with Crippen LogP contribution in [0.5, 0.6) is 0 Å². The van der Waals surface area contributed by atoms with Crippen LogP contribution in [-0.2, 0) is 6.54 Å². The minimum atomic E-state index is 0.868. The van der Waals surface area contributed by atoms with Crippen LogP contribution in [0.15, 0.2) is 30.3 Å². The molecule has 2 atom stereocenters. The Morgan fingerprint density at radius 2 is 1.75 bits per heavy atom. The van der Waals surface area contributed by atoms with Crippen molar-refractivity contribution in [1.82, 2.24) is 9.80 Å². The Morgan fingerprint density at radius 1 is 1.12 bits per heavy atom. The second-order valence-electron chi connectivity index (χ2n) is 5.46. The molecule has 2 fully saturated rings. The predicted octanol–water partition coefficient (Wildman–Crippen LogP) is 1.68. The lowest BCUT2D eigenvalue weighted by Crippen LogP contribution is -2.30. The van der Waals surface area contributed by atoms with Crippen LogP contribution in [-0.4, -0.2) is 43.0 Å². The third-order valence-corrected chi connectivity index (χ3v) is 4.07. The Bertz CT molecular complexity index is 348. The minimum absolute atomic E-state index is 0.868. The Balaban J connectivity index is 1.55. The first-order valence-corrected chi connectivity index (χ1v) is 6.18. The highest BCUT2D eigenvalue weighted by Crippen LogP contribution is 2.48. The fourth-order valence-corrected chi connectivity index (χ4v) is 3.32. The van der Waals surface area contributed by atoms with Gasteiger partial charge in [-0.1, -0.05) is 30.3 Å². The summed E-state index contributed by atoms with van der Waals surface area (Å²) in [4.78, 5) is 5.00. The highest BCUT2D eigenvalue weighted by Gasteiger charge is 2.56. The molecule has 1 saturated carbocycles. The molecule has 2 heteroatoms. The van der Waals surface area contributed by atoms with Gasteiger partial charge in [-0.05, 0) is 31.5 Å². The molecule has 86 valence electrons. The van der Waals surface area contributed by atoms with Crippen LogP contribution in [0.4, 0.5) is 0 Å². The van der Waals surface area contributed by atoms with Gasteiger partial charge in [-0.25, -0.2) is 0 Å². The Morgan fingerprint density at radius 3 is 2.31 bits per heavy atom. The van der Waals surface area contributed by atoms with Crippen molar-refractivity contribution in [1.29, 1.82) is 0 Å². The van der Waals surface area contributed by atoms with E-state index in [1.54, 1.807) is 0 Å². The maximum absolute atomic E-state index is 2.60. The van der Waals surface area contributed by atoms with Crippen molar-refractivity contribution in [3.05, 3.63) is 35.9 Å². The highest BCUT2D eigenvalue weighted by atomic mass is 15.3. The molecule has 0 bridgehead atoms. The number of piperidine rings is 1. The van der Waals surface area contributed by atoms with Gasteiger partial charge in [0.2, 0.25) is 0 Å². The predicted molar refractivity (Wildman–Crippen MR) is 66.2 cm³/mol. The van der Waals surface area contributed by atoms with Gasteiger partial charge in [0.1, 0.15) is 0 Å². The van der Waals surface area contributed by atoms with E-state index in [1.807, 2.05) is 0 Å². The summed E-state index contributed by atoms with van der Waals surface area (Å²) >= 11 is 0. The first-order chi connectivity index (χ1) is 7.75. The summed E-state index contributed by atoms with van der Waals surface area (Å²) < 4.78 is 0. The quantitative estimate of drug-likeness (QED) is 0.758. The fourth-order valence-electron chi connectivity index (χ4n) is 3.32. The van der Waals surface area contributed by atoms with Crippen molar-refractivity contribution >= 4 is 0 Å². The van der Waals surface area contributed by atoms with Gasteiger partial charge in [0.15, 0.2) is 0 Å². The SMILES string of the molecule is CN(C)C1C2CN(Cc3ccccc3)CC21. The molecular formula is C14H20N2. The van der Waals surface area contributed by atoms with Crippen molar-refractivity contribution in [2.24, 2.45) is 11.8 Å². The molecule has 0 spiro atoms. The Hall–Kier alpha value is -0.860. The van der Waals surface area contributed by atoms with Gasteiger partial charge in [0.05, 0.1) is 0 Å². The van der Waals surface area contributed by atoms with Crippen molar-refractivity contribution in [3.63, 3.8) is 0 Å². The van der Waals surface area contributed by atoms with Gasteiger partial charge < -0.3 is 4.90 Å². The Kier molecular flexibility index (Phi) is 2.49.